The minimum atomic E-state index is -4.92. The lowest BCUT2D eigenvalue weighted by Gasteiger charge is -2.33. The Labute approximate surface area is 154 Å². The first-order chi connectivity index (χ1) is 12.3. The highest BCUT2D eigenvalue weighted by Crippen LogP contribution is 2.39. The lowest BCUT2D eigenvalue weighted by Crippen LogP contribution is -2.40. The Balaban J connectivity index is 2.73. The summed E-state index contributed by atoms with van der Waals surface area (Å²) >= 11 is 0. The second-order valence-electron chi connectivity index (χ2n) is 6.30. The van der Waals surface area contributed by atoms with E-state index in [1.165, 1.54) is 4.90 Å². The highest BCUT2D eigenvalue weighted by molar-refractivity contribution is 7.90. The number of nitrogens with zero attached hydrogens (tertiary/aromatic N) is 2. The number of carbonyl (C=O) groups excluding carboxylic acids is 1. The Morgan fingerprint density at radius 1 is 1.22 bits per heavy atom. The van der Waals surface area contributed by atoms with Crippen LogP contribution in [0.15, 0.2) is 22.0 Å². The fourth-order valence-electron chi connectivity index (χ4n) is 2.84. The molecule has 0 atom stereocenters. The molecule has 0 saturated carbocycles. The molecule has 1 aromatic carbocycles. The molecule has 12 heteroatoms. The quantitative estimate of drug-likeness (QED) is 0.487. The summed E-state index contributed by atoms with van der Waals surface area (Å²) in [6.07, 6.45) is -3.07. The SMILES string of the molecule is CS(=O)(=O)c1cc(C(=O)N=C(N)N)c(C(F)(F)F)cc1N1CCC(N)CC1. The third-order valence-corrected chi connectivity index (χ3v) is 5.27. The van der Waals surface area contributed by atoms with E-state index in [0.717, 1.165) is 6.26 Å². The summed E-state index contributed by atoms with van der Waals surface area (Å²) in [5.74, 6) is -2.11. The van der Waals surface area contributed by atoms with Crippen molar-refractivity contribution in [2.24, 2.45) is 22.2 Å². The third kappa shape index (κ3) is 4.89. The topological polar surface area (TPSA) is 145 Å². The van der Waals surface area contributed by atoms with E-state index in [1.54, 1.807) is 0 Å². The molecule has 1 aromatic rings. The molecular weight excluding hydrogens is 387 g/mol. The van der Waals surface area contributed by atoms with Gasteiger partial charge in [-0.2, -0.15) is 18.2 Å². The molecule has 1 amide bonds. The Morgan fingerprint density at radius 2 is 1.78 bits per heavy atom. The summed E-state index contributed by atoms with van der Waals surface area (Å²) in [4.78, 5) is 16.3. The van der Waals surface area contributed by atoms with Crippen LogP contribution in [0.4, 0.5) is 18.9 Å². The van der Waals surface area contributed by atoms with Crippen molar-refractivity contribution < 1.29 is 26.4 Å². The Morgan fingerprint density at radius 3 is 2.22 bits per heavy atom. The molecule has 1 aliphatic rings. The van der Waals surface area contributed by atoms with Crippen LogP contribution in [0.3, 0.4) is 0 Å². The van der Waals surface area contributed by atoms with E-state index in [1.807, 2.05) is 0 Å². The van der Waals surface area contributed by atoms with Crippen molar-refractivity contribution in [1.82, 2.24) is 0 Å². The largest absolute Gasteiger partial charge is 0.417 e. The van der Waals surface area contributed by atoms with Gasteiger partial charge in [-0.05, 0) is 25.0 Å². The maximum absolute atomic E-state index is 13.5. The van der Waals surface area contributed by atoms with Gasteiger partial charge >= 0.3 is 6.18 Å². The monoisotopic (exact) mass is 407 g/mol. The fourth-order valence-corrected chi connectivity index (χ4v) is 3.74. The van der Waals surface area contributed by atoms with Crippen LogP contribution in [0.2, 0.25) is 0 Å². The van der Waals surface area contributed by atoms with Crippen LogP contribution in [0.1, 0.15) is 28.8 Å². The van der Waals surface area contributed by atoms with Crippen LogP contribution in [-0.2, 0) is 16.0 Å². The number of aliphatic imine (C=N–C) groups is 1. The molecule has 0 spiro atoms. The molecule has 0 radical (unpaired) electrons. The standard InChI is InChI=1S/C15H20F3N5O3S/c1-27(25,26)12-6-9(13(24)22-14(20)21)10(15(16,17)18)7-11(12)23-4-2-8(19)3-5-23/h6-8H,2-5,19H2,1H3,(H4,20,21,22,24). The van der Waals surface area contributed by atoms with Crippen molar-refractivity contribution in [2.75, 3.05) is 24.2 Å². The number of hydrogen-bond acceptors (Lipinski definition) is 5. The minimum Gasteiger partial charge on any atom is -0.370 e. The number of alkyl halides is 3. The Bertz CT molecular complexity index is 871. The highest BCUT2D eigenvalue weighted by Gasteiger charge is 2.38. The summed E-state index contributed by atoms with van der Waals surface area (Å²) in [6.45, 7) is 0.588. The summed E-state index contributed by atoms with van der Waals surface area (Å²) in [5, 5.41) is 0. The van der Waals surface area contributed by atoms with Crippen LogP contribution in [0.5, 0.6) is 0 Å². The van der Waals surface area contributed by atoms with Gasteiger partial charge in [0.15, 0.2) is 15.8 Å². The fraction of sp³-hybridized carbons (Fsp3) is 0.467. The van der Waals surface area contributed by atoms with Gasteiger partial charge in [0, 0.05) is 25.4 Å². The van der Waals surface area contributed by atoms with Gasteiger partial charge in [-0.25, -0.2) is 8.42 Å². The number of sulfone groups is 1. The van der Waals surface area contributed by atoms with Gasteiger partial charge in [0.1, 0.15) is 0 Å². The zero-order valence-electron chi connectivity index (χ0n) is 14.5. The van der Waals surface area contributed by atoms with Gasteiger partial charge in [0.2, 0.25) is 0 Å². The smallest absolute Gasteiger partial charge is 0.370 e. The molecule has 8 nitrogen and oxygen atoms in total. The van der Waals surface area contributed by atoms with E-state index in [-0.39, 0.29) is 11.7 Å². The first-order valence-electron chi connectivity index (χ1n) is 7.90. The van der Waals surface area contributed by atoms with E-state index >= 15 is 0 Å². The molecule has 0 unspecified atom stereocenters. The number of guanidine groups is 1. The number of piperidine rings is 1. The van der Waals surface area contributed by atoms with Crippen molar-refractivity contribution in [3.05, 3.63) is 23.3 Å². The molecule has 1 aliphatic heterocycles. The summed E-state index contributed by atoms with van der Waals surface area (Å²) in [7, 11) is -3.95. The minimum absolute atomic E-state index is 0.104. The number of carbonyl (C=O) groups is 1. The van der Waals surface area contributed by atoms with E-state index in [4.69, 9.17) is 17.2 Å². The number of benzene rings is 1. The van der Waals surface area contributed by atoms with E-state index < -0.39 is 43.9 Å². The van der Waals surface area contributed by atoms with Gasteiger partial charge in [0.25, 0.3) is 5.91 Å². The molecule has 0 aliphatic carbocycles. The predicted octanol–water partition coefficient (Wildman–Crippen LogP) is 0.450. The van der Waals surface area contributed by atoms with Crippen LogP contribution < -0.4 is 22.1 Å². The molecule has 2 rings (SSSR count). The Kier molecular flexibility index (Phi) is 5.71. The predicted molar refractivity (Wildman–Crippen MR) is 94.1 cm³/mol. The molecule has 0 aromatic heterocycles. The Hall–Kier alpha value is -2.34. The highest BCUT2D eigenvalue weighted by atomic mass is 32.2. The van der Waals surface area contributed by atoms with E-state index in [2.05, 4.69) is 4.99 Å². The number of anilines is 1. The lowest BCUT2D eigenvalue weighted by molar-refractivity contribution is -0.137. The van der Waals surface area contributed by atoms with Crippen LogP contribution >= 0.6 is 0 Å². The number of rotatable bonds is 3. The van der Waals surface area contributed by atoms with Crippen molar-refractivity contribution in [2.45, 2.75) is 30.0 Å². The second-order valence-corrected chi connectivity index (χ2v) is 8.29. The summed E-state index contributed by atoms with van der Waals surface area (Å²) < 4.78 is 65.0. The molecule has 6 N–H and O–H groups in total. The number of amides is 1. The molecule has 27 heavy (non-hydrogen) atoms. The maximum atomic E-state index is 13.5. The van der Waals surface area contributed by atoms with Crippen molar-refractivity contribution in [1.29, 1.82) is 0 Å². The zero-order valence-corrected chi connectivity index (χ0v) is 15.3. The van der Waals surface area contributed by atoms with Gasteiger partial charge in [-0.1, -0.05) is 0 Å². The average molecular weight is 407 g/mol. The molecule has 1 heterocycles. The summed E-state index contributed by atoms with van der Waals surface area (Å²) in [5.41, 5.74) is 13.5. The van der Waals surface area contributed by atoms with Crippen LogP contribution in [0, 0.1) is 0 Å². The third-order valence-electron chi connectivity index (χ3n) is 4.15. The van der Waals surface area contributed by atoms with Crippen molar-refractivity contribution in [3.63, 3.8) is 0 Å². The lowest BCUT2D eigenvalue weighted by atomic mass is 10.0. The maximum Gasteiger partial charge on any atom is 0.417 e. The number of nitrogens with two attached hydrogens (primary N) is 3. The van der Waals surface area contributed by atoms with E-state index in [0.29, 0.717) is 38.1 Å². The molecular formula is C15H20F3N5O3S. The van der Waals surface area contributed by atoms with Gasteiger partial charge in [-0.3, -0.25) is 4.79 Å². The van der Waals surface area contributed by atoms with Crippen molar-refractivity contribution >= 4 is 27.4 Å². The first kappa shape index (κ1) is 21.0. The van der Waals surface area contributed by atoms with Crippen LogP contribution in [-0.4, -0.2) is 45.7 Å². The first-order valence-corrected chi connectivity index (χ1v) is 9.79. The molecule has 150 valence electrons. The number of halogens is 3. The van der Waals surface area contributed by atoms with E-state index in [9.17, 15) is 26.4 Å². The molecule has 1 fully saturated rings. The van der Waals surface area contributed by atoms with Crippen molar-refractivity contribution in [3.8, 4) is 0 Å². The zero-order chi connectivity index (χ0) is 20.6. The summed E-state index contributed by atoms with van der Waals surface area (Å²) in [6, 6.07) is 1.23. The molecule has 1 saturated heterocycles. The second kappa shape index (κ2) is 7.35. The number of hydrogen-bond donors (Lipinski definition) is 3. The normalized spacial score (nSPS) is 16.3. The van der Waals surface area contributed by atoms with Gasteiger partial charge in [-0.15, -0.1) is 0 Å². The van der Waals surface area contributed by atoms with Gasteiger partial charge in [0.05, 0.1) is 21.7 Å². The van der Waals surface area contributed by atoms with Gasteiger partial charge < -0.3 is 22.1 Å². The van der Waals surface area contributed by atoms with Crippen LogP contribution in [0.25, 0.3) is 0 Å². The molecule has 0 bridgehead atoms. The average Bonchev–Trinajstić information content (AvgIpc) is 2.52.